The minimum Gasteiger partial charge on any atom is -0.480 e. The molecule has 0 bridgehead atoms. The largest absolute Gasteiger partial charge is 0.480 e. The van der Waals surface area contributed by atoms with Crippen molar-refractivity contribution in [3.8, 4) is 0 Å². The molecule has 0 aliphatic heterocycles. The topological polar surface area (TPSA) is 124 Å². The third-order valence-corrected chi connectivity index (χ3v) is 2.57. The van der Waals surface area contributed by atoms with Gasteiger partial charge in [-0.25, -0.2) is 14.6 Å². The lowest BCUT2D eigenvalue weighted by Crippen LogP contribution is -2.46. The molecule has 0 aromatic carbocycles. The second-order valence-electron chi connectivity index (χ2n) is 6.11. The summed E-state index contributed by atoms with van der Waals surface area (Å²) in [6.45, 7) is 6.80. The Morgan fingerprint density at radius 1 is 1.39 bits per heavy atom. The van der Waals surface area contributed by atoms with Crippen LogP contribution in [0.25, 0.3) is 0 Å². The average molecular weight is 325 g/mol. The molecule has 1 heterocycles. The third kappa shape index (κ3) is 7.46. The van der Waals surface area contributed by atoms with Crippen LogP contribution in [0.5, 0.6) is 0 Å². The number of carboxylic acids is 1. The van der Waals surface area contributed by atoms with Crippen molar-refractivity contribution in [2.24, 2.45) is 0 Å². The van der Waals surface area contributed by atoms with Crippen molar-refractivity contribution in [3.05, 3.63) is 23.4 Å². The van der Waals surface area contributed by atoms with E-state index >= 15 is 0 Å². The first-order chi connectivity index (χ1) is 10.6. The van der Waals surface area contributed by atoms with E-state index in [-0.39, 0.29) is 13.2 Å². The number of carbonyl (C=O) groups excluding carboxylic acids is 1. The predicted molar refractivity (Wildman–Crippen MR) is 83.8 cm³/mol. The number of aryl methyl sites for hydroxylation is 1. The third-order valence-electron chi connectivity index (χ3n) is 2.57. The first kappa shape index (κ1) is 18.7. The van der Waals surface area contributed by atoms with Gasteiger partial charge in [0.1, 0.15) is 11.4 Å². The van der Waals surface area contributed by atoms with Gasteiger partial charge in [-0.2, -0.15) is 0 Å². The Hall–Kier alpha value is -2.35. The smallest absolute Gasteiger partial charge is 0.408 e. The van der Waals surface area contributed by atoms with Gasteiger partial charge in [0.05, 0.1) is 18.9 Å². The lowest BCUT2D eigenvalue weighted by molar-refractivity contribution is -0.141. The highest BCUT2D eigenvalue weighted by Crippen LogP contribution is 2.09. The lowest BCUT2D eigenvalue weighted by atomic mass is 10.2. The van der Waals surface area contributed by atoms with E-state index in [1.807, 2.05) is 6.92 Å². The summed E-state index contributed by atoms with van der Waals surface area (Å²) in [4.78, 5) is 26.9. The molecule has 0 aliphatic carbocycles. The summed E-state index contributed by atoms with van der Waals surface area (Å²) < 4.78 is 10.3. The molecular formula is C15H23N3O5. The number of aliphatic carboxylic acids is 1. The van der Waals surface area contributed by atoms with Crippen LogP contribution in [-0.2, 0) is 20.9 Å². The zero-order chi connectivity index (χ0) is 17.6. The highest BCUT2D eigenvalue weighted by Gasteiger charge is 2.24. The molecular weight excluding hydrogens is 302 g/mol. The van der Waals surface area contributed by atoms with Gasteiger partial charge in [-0.15, -0.1) is 0 Å². The van der Waals surface area contributed by atoms with Gasteiger partial charge in [0.15, 0.2) is 6.04 Å². The molecule has 23 heavy (non-hydrogen) atoms. The quantitative estimate of drug-likeness (QED) is 0.723. The van der Waals surface area contributed by atoms with Gasteiger partial charge in [-0.1, -0.05) is 0 Å². The molecule has 128 valence electrons. The Balaban J connectivity index is 2.53. The zero-order valence-corrected chi connectivity index (χ0v) is 13.8. The fourth-order valence-electron chi connectivity index (χ4n) is 1.75. The molecule has 1 atom stereocenters. The fourth-order valence-corrected chi connectivity index (χ4v) is 1.75. The summed E-state index contributed by atoms with van der Waals surface area (Å²) in [5.41, 5.74) is 6.43. The number of pyridine rings is 1. The molecule has 1 rings (SSSR count). The van der Waals surface area contributed by atoms with Crippen LogP contribution >= 0.6 is 0 Å². The van der Waals surface area contributed by atoms with E-state index in [2.05, 4.69) is 10.3 Å². The molecule has 0 aliphatic rings. The standard InChI is InChI=1S/C15H23N3O5/c1-9-5-10(17-12(16)6-9)7-22-8-11(13(19)20)18-14(21)23-15(2,3)4/h5-6,11H,7-8H2,1-4H3,(H2,16,17)(H,18,21)(H,19,20)/t11-/m0/s1. The Morgan fingerprint density at radius 2 is 2.04 bits per heavy atom. The van der Waals surface area contributed by atoms with Crippen LogP contribution in [-0.4, -0.2) is 40.4 Å². The Bertz CT molecular complexity index is 548. The minimum absolute atomic E-state index is 0.0889. The van der Waals surface area contributed by atoms with Crippen molar-refractivity contribution < 1.29 is 24.2 Å². The summed E-state index contributed by atoms with van der Waals surface area (Å²) in [5.74, 6) is -0.849. The van der Waals surface area contributed by atoms with Crippen molar-refractivity contribution in [2.45, 2.75) is 45.9 Å². The monoisotopic (exact) mass is 325 g/mol. The predicted octanol–water partition coefficient (Wildman–Crippen LogP) is 1.47. The second kappa shape index (κ2) is 7.77. The molecule has 0 saturated heterocycles. The van der Waals surface area contributed by atoms with E-state index < -0.39 is 23.7 Å². The van der Waals surface area contributed by atoms with Gasteiger partial charge in [-0.3, -0.25) is 0 Å². The lowest BCUT2D eigenvalue weighted by Gasteiger charge is -2.22. The summed E-state index contributed by atoms with van der Waals surface area (Å²) in [6, 6.07) is 2.29. The average Bonchev–Trinajstić information content (AvgIpc) is 2.33. The molecule has 0 fully saturated rings. The number of alkyl carbamates (subject to hydrolysis) is 1. The van der Waals surface area contributed by atoms with Crippen LogP contribution in [0.15, 0.2) is 12.1 Å². The van der Waals surface area contributed by atoms with Gasteiger partial charge in [-0.05, 0) is 45.4 Å². The molecule has 0 saturated carbocycles. The summed E-state index contributed by atoms with van der Waals surface area (Å²) in [6.07, 6.45) is -0.813. The number of rotatable bonds is 6. The Morgan fingerprint density at radius 3 is 2.57 bits per heavy atom. The number of carbonyl (C=O) groups is 2. The number of nitrogens with two attached hydrogens (primary N) is 1. The number of carboxylic acid groups (broad SMARTS) is 1. The fraction of sp³-hybridized carbons (Fsp3) is 0.533. The highest BCUT2D eigenvalue weighted by molar-refractivity contribution is 5.80. The van der Waals surface area contributed by atoms with Crippen LogP contribution in [0, 0.1) is 6.92 Å². The van der Waals surface area contributed by atoms with Crippen LogP contribution in [0.4, 0.5) is 10.6 Å². The molecule has 0 radical (unpaired) electrons. The first-order valence-corrected chi connectivity index (χ1v) is 7.10. The molecule has 0 unspecified atom stereocenters. The number of nitrogens with one attached hydrogen (secondary N) is 1. The first-order valence-electron chi connectivity index (χ1n) is 7.10. The van der Waals surface area contributed by atoms with E-state index in [4.69, 9.17) is 20.3 Å². The van der Waals surface area contributed by atoms with Gasteiger partial charge in [0.25, 0.3) is 0 Å². The van der Waals surface area contributed by atoms with E-state index in [1.165, 1.54) is 0 Å². The van der Waals surface area contributed by atoms with E-state index in [1.54, 1.807) is 32.9 Å². The van der Waals surface area contributed by atoms with Gasteiger partial charge < -0.3 is 25.6 Å². The van der Waals surface area contributed by atoms with E-state index in [0.29, 0.717) is 11.5 Å². The zero-order valence-electron chi connectivity index (χ0n) is 13.8. The number of amides is 1. The maximum Gasteiger partial charge on any atom is 0.408 e. The maximum absolute atomic E-state index is 11.6. The molecule has 8 nitrogen and oxygen atoms in total. The van der Waals surface area contributed by atoms with Crippen LogP contribution < -0.4 is 11.1 Å². The highest BCUT2D eigenvalue weighted by atomic mass is 16.6. The number of nitrogen functional groups attached to an aromatic ring is 1. The summed E-state index contributed by atoms with van der Waals surface area (Å²) >= 11 is 0. The van der Waals surface area contributed by atoms with Gasteiger partial charge >= 0.3 is 12.1 Å². The number of ether oxygens (including phenoxy) is 2. The molecule has 1 aromatic rings. The van der Waals surface area contributed by atoms with E-state index in [0.717, 1.165) is 5.56 Å². The minimum atomic E-state index is -1.22. The number of anilines is 1. The Kier molecular flexibility index (Phi) is 6.32. The number of nitrogens with zero attached hydrogens (tertiary/aromatic N) is 1. The van der Waals surface area contributed by atoms with Crippen molar-refractivity contribution >= 4 is 17.9 Å². The normalized spacial score (nSPS) is 12.5. The van der Waals surface area contributed by atoms with Crippen molar-refractivity contribution in [1.82, 2.24) is 10.3 Å². The van der Waals surface area contributed by atoms with Crippen LogP contribution in [0.1, 0.15) is 32.0 Å². The maximum atomic E-state index is 11.6. The van der Waals surface area contributed by atoms with Crippen LogP contribution in [0.3, 0.4) is 0 Å². The molecule has 8 heteroatoms. The van der Waals surface area contributed by atoms with E-state index in [9.17, 15) is 9.59 Å². The van der Waals surface area contributed by atoms with Gasteiger partial charge in [0.2, 0.25) is 0 Å². The number of aromatic nitrogens is 1. The van der Waals surface area contributed by atoms with Crippen molar-refractivity contribution in [3.63, 3.8) is 0 Å². The summed E-state index contributed by atoms with van der Waals surface area (Å²) in [7, 11) is 0. The molecule has 4 N–H and O–H groups in total. The van der Waals surface area contributed by atoms with Crippen molar-refractivity contribution in [2.75, 3.05) is 12.3 Å². The molecule has 1 amide bonds. The molecule has 0 spiro atoms. The SMILES string of the molecule is Cc1cc(N)nc(COC[C@H](NC(=O)OC(C)(C)C)C(=O)O)c1. The van der Waals surface area contributed by atoms with Crippen LogP contribution in [0.2, 0.25) is 0 Å². The Labute approximate surface area is 135 Å². The van der Waals surface area contributed by atoms with Gasteiger partial charge in [0, 0.05) is 0 Å². The summed E-state index contributed by atoms with van der Waals surface area (Å²) in [5, 5.41) is 11.4. The second-order valence-corrected chi connectivity index (χ2v) is 6.11. The number of hydrogen-bond acceptors (Lipinski definition) is 6. The molecule has 1 aromatic heterocycles. The number of hydrogen-bond donors (Lipinski definition) is 3. The van der Waals surface area contributed by atoms with Crippen molar-refractivity contribution in [1.29, 1.82) is 0 Å².